The Balaban J connectivity index is 1.38. The van der Waals surface area contributed by atoms with Gasteiger partial charge in [-0.25, -0.2) is 14.7 Å². The van der Waals surface area contributed by atoms with E-state index >= 15 is 0 Å². The summed E-state index contributed by atoms with van der Waals surface area (Å²) in [6.07, 6.45) is 7.75. The van der Waals surface area contributed by atoms with Gasteiger partial charge in [-0.1, -0.05) is 0 Å². The monoisotopic (exact) mass is 346 g/mol. The lowest BCUT2D eigenvalue weighted by Gasteiger charge is -2.30. The van der Waals surface area contributed by atoms with Crippen LogP contribution in [0.25, 0.3) is 0 Å². The molecule has 1 aliphatic carbocycles. The number of hydrogen-bond acceptors (Lipinski definition) is 5. The highest BCUT2D eigenvalue weighted by atomic mass is 16.4. The molecule has 2 aromatic rings. The molecule has 25 heavy (non-hydrogen) atoms. The summed E-state index contributed by atoms with van der Waals surface area (Å²) >= 11 is 0. The number of carbonyl (C=O) groups is 1. The Hall–Kier alpha value is -2.58. The fourth-order valence-corrected chi connectivity index (χ4v) is 3.40. The number of nitrogens with zero attached hydrogens (tertiary/aromatic N) is 4. The number of anilines is 1. The van der Waals surface area contributed by atoms with E-state index in [4.69, 9.17) is 4.42 Å². The van der Waals surface area contributed by atoms with E-state index in [2.05, 4.69) is 27.5 Å². The third-order valence-corrected chi connectivity index (χ3v) is 5.09. The summed E-state index contributed by atoms with van der Waals surface area (Å²) in [5.74, 6) is 0.452. The number of nitrogens with one attached hydrogen (secondary N) is 2. The quantitative estimate of drug-likeness (QED) is 0.879. The van der Waals surface area contributed by atoms with Crippen LogP contribution in [0.5, 0.6) is 0 Å². The third-order valence-electron chi connectivity index (χ3n) is 5.09. The van der Waals surface area contributed by atoms with Crippen molar-refractivity contribution in [1.82, 2.24) is 24.9 Å². The first-order valence-electron chi connectivity index (χ1n) is 8.75. The summed E-state index contributed by atoms with van der Waals surface area (Å²) in [5, 5.41) is 13.4. The van der Waals surface area contributed by atoms with Crippen LogP contribution in [0.2, 0.25) is 0 Å². The molecule has 2 atom stereocenters. The van der Waals surface area contributed by atoms with Crippen LogP contribution in [0.1, 0.15) is 50.5 Å². The summed E-state index contributed by atoms with van der Waals surface area (Å²) in [5.41, 5.74) is 0.700. The summed E-state index contributed by atoms with van der Waals surface area (Å²) in [4.78, 5) is 25.4. The minimum absolute atomic E-state index is 0.0592. The maximum Gasteiger partial charge on any atom is 0.434 e. The lowest BCUT2D eigenvalue weighted by Crippen LogP contribution is -2.41. The largest absolute Gasteiger partial charge is 0.434 e. The highest BCUT2D eigenvalue weighted by Gasteiger charge is 2.30. The van der Waals surface area contributed by atoms with Crippen LogP contribution < -0.4 is 11.1 Å². The molecular weight excluding hydrogens is 324 g/mol. The highest BCUT2D eigenvalue weighted by Crippen LogP contribution is 2.39. The van der Waals surface area contributed by atoms with E-state index in [1.54, 1.807) is 11.1 Å². The number of rotatable bonds is 4. The fourth-order valence-electron chi connectivity index (χ4n) is 3.40. The Bertz CT molecular complexity index is 805. The van der Waals surface area contributed by atoms with Crippen LogP contribution in [-0.2, 0) is 0 Å². The van der Waals surface area contributed by atoms with Crippen molar-refractivity contribution in [2.75, 3.05) is 18.4 Å². The molecule has 2 fully saturated rings. The maximum absolute atomic E-state index is 12.5. The van der Waals surface area contributed by atoms with Gasteiger partial charge in [0.15, 0.2) is 0 Å². The molecule has 1 aliphatic heterocycles. The summed E-state index contributed by atoms with van der Waals surface area (Å²) < 4.78 is 6.95. The molecule has 2 aromatic heterocycles. The van der Waals surface area contributed by atoms with Crippen molar-refractivity contribution in [3.63, 3.8) is 0 Å². The molecule has 0 bridgehead atoms. The molecule has 1 saturated carbocycles. The second-order valence-electron chi connectivity index (χ2n) is 6.95. The van der Waals surface area contributed by atoms with Crippen LogP contribution in [0.15, 0.2) is 21.6 Å². The lowest BCUT2D eigenvalue weighted by atomic mass is 9.98. The predicted molar refractivity (Wildman–Crippen MR) is 89.4 cm³/mol. The number of aromatic nitrogens is 4. The number of carbonyl (C=O) groups excluding carboxylic acids is 1. The Morgan fingerprint density at radius 3 is 3.00 bits per heavy atom. The number of urea groups is 1. The van der Waals surface area contributed by atoms with Crippen LogP contribution in [-0.4, -0.2) is 44.0 Å². The number of aromatic amines is 1. The van der Waals surface area contributed by atoms with Gasteiger partial charge in [-0.05, 0) is 38.5 Å². The molecular formula is C16H22N6O3. The van der Waals surface area contributed by atoms with Crippen molar-refractivity contribution < 1.29 is 9.21 Å². The molecule has 9 heteroatoms. The molecule has 0 spiro atoms. The molecule has 3 heterocycles. The lowest BCUT2D eigenvalue weighted by molar-refractivity contribution is 0.186. The average molecular weight is 346 g/mol. The number of hydrogen-bond donors (Lipinski definition) is 2. The Morgan fingerprint density at radius 2 is 2.28 bits per heavy atom. The zero-order chi connectivity index (χ0) is 17.4. The number of likely N-dealkylation sites (tertiary alicyclic amines) is 1. The van der Waals surface area contributed by atoms with Crippen LogP contribution in [0.4, 0.5) is 10.5 Å². The Labute approximate surface area is 144 Å². The number of amides is 2. The van der Waals surface area contributed by atoms with Gasteiger partial charge in [-0.3, -0.25) is 4.68 Å². The molecule has 134 valence electrons. The number of H-pyrrole nitrogens is 1. The van der Waals surface area contributed by atoms with Crippen molar-refractivity contribution in [3.05, 3.63) is 28.8 Å². The highest BCUT2D eigenvalue weighted by molar-refractivity contribution is 5.89. The van der Waals surface area contributed by atoms with Gasteiger partial charge in [0.1, 0.15) is 0 Å². The van der Waals surface area contributed by atoms with Crippen molar-refractivity contribution in [3.8, 4) is 0 Å². The summed E-state index contributed by atoms with van der Waals surface area (Å²) in [6.45, 7) is 3.30. The molecule has 2 N–H and O–H groups in total. The molecule has 0 radical (unpaired) electrons. The van der Waals surface area contributed by atoms with Gasteiger partial charge in [0.2, 0.25) is 5.89 Å². The first kappa shape index (κ1) is 15.9. The third kappa shape index (κ3) is 3.45. The minimum Gasteiger partial charge on any atom is -0.392 e. The van der Waals surface area contributed by atoms with Crippen molar-refractivity contribution in [2.24, 2.45) is 5.92 Å². The number of piperidine rings is 1. The van der Waals surface area contributed by atoms with Gasteiger partial charge in [-0.2, -0.15) is 5.10 Å². The molecule has 0 unspecified atom stereocenters. The van der Waals surface area contributed by atoms with Gasteiger partial charge in [0.05, 0.1) is 23.8 Å². The van der Waals surface area contributed by atoms with E-state index in [0.29, 0.717) is 36.6 Å². The normalized spacial score (nSPS) is 22.0. The van der Waals surface area contributed by atoms with Gasteiger partial charge in [0, 0.05) is 19.3 Å². The molecule has 2 aliphatic rings. The molecule has 1 saturated heterocycles. The predicted octanol–water partition coefficient (Wildman–Crippen LogP) is 1.94. The van der Waals surface area contributed by atoms with Crippen LogP contribution in [0.3, 0.4) is 0 Å². The second-order valence-corrected chi connectivity index (χ2v) is 6.95. The molecule has 0 aromatic carbocycles. The molecule has 4 rings (SSSR count). The van der Waals surface area contributed by atoms with E-state index in [9.17, 15) is 9.59 Å². The second kappa shape index (κ2) is 6.38. The smallest absolute Gasteiger partial charge is 0.392 e. The van der Waals surface area contributed by atoms with Gasteiger partial charge < -0.3 is 14.6 Å². The van der Waals surface area contributed by atoms with Gasteiger partial charge in [-0.15, -0.1) is 5.10 Å². The van der Waals surface area contributed by atoms with E-state index in [1.165, 1.54) is 12.8 Å². The molecule has 9 nitrogen and oxygen atoms in total. The zero-order valence-electron chi connectivity index (χ0n) is 14.1. The summed E-state index contributed by atoms with van der Waals surface area (Å²) in [7, 11) is 0. The SMILES string of the molecule is C[C@@H](C1CC1)n1cc(NC(=O)N2CCC[C@H](c3n[nH]c(=O)o3)C2)cn1. The van der Waals surface area contributed by atoms with Gasteiger partial charge in [0.25, 0.3) is 0 Å². The van der Waals surface area contributed by atoms with Crippen molar-refractivity contribution in [1.29, 1.82) is 0 Å². The first-order chi connectivity index (χ1) is 12.1. The van der Waals surface area contributed by atoms with E-state index in [0.717, 1.165) is 12.8 Å². The van der Waals surface area contributed by atoms with Crippen molar-refractivity contribution in [2.45, 2.75) is 44.6 Å². The van der Waals surface area contributed by atoms with E-state index < -0.39 is 5.76 Å². The first-order valence-corrected chi connectivity index (χ1v) is 8.75. The topological polar surface area (TPSA) is 109 Å². The molecule has 2 amide bonds. The van der Waals surface area contributed by atoms with Crippen LogP contribution >= 0.6 is 0 Å². The standard InChI is InChI=1S/C16H22N6O3/c1-10(11-4-5-11)22-9-13(7-17-22)18-15(23)21-6-2-3-12(8-21)14-19-20-16(24)25-14/h7,9-12H,2-6,8H2,1H3,(H,18,23)(H,20,24)/t10-,12-/m0/s1. The van der Waals surface area contributed by atoms with E-state index in [-0.39, 0.29) is 11.9 Å². The Kier molecular flexibility index (Phi) is 4.06. The summed E-state index contributed by atoms with van der Waals surface area (Å²) in [6, 6.07) is 0.203. The van der Waals surface area contributed by atoms with Gasteiger partial charge >= 0.3 is 11.8 Å². The average Bonchev–Trinajstić information content (AvgIpc) is 3.22. The van der Waals surface area contributed by atoms with Crippen molar-refractivity contribution >= 4 is 11.7 Å². The van der Waals surface area contributed by atoms with E-state index in [1.807, 2.05) is 10.9 Å². The maximum atomic E-state index is 12.5. The van der Waals surface area contributed by atoms with Crippen LogP contribution in [0, 0.1) is 5.92 Å². The minimum atomic E-state index is -0.561. The zero-order valence-corrected chi connectivity index (χ0v) is 14.1. The Morgan fingerprint density at radius 1 is 1.44 bits per heavy atom. The fraction of sp³-hybridized carbons (Fsp3) is 0.625.